The molecule has 0 aliphatic rings. The number of nitrogens with zero attached hydrogens (tertiary/aromatic N) is 2. The summed E-state index contributed by atoms with van der Waals surface area (Å²) in [4.78, 5) is 4.20. The first-order valence-electron chi connectivity index (χ1n) is 15.8. The van der Waals surface area contributed by atoms with Crippen molar-refractivity contribution in [2.75, 3.05) is 0 Å². The van der Waals surface area contributed by atoms with Crippen molar-refractivity contribution in [2.45, 2.75) is 12.3 Å². The van der Waals surface area contributed by atoms with Crippen LogP contribution in [0.25, 0.3) is 0 Å². The Hall–Kier alpha value is -5.81. The maximum absolute atomic E-state index is 15.4. The van der Waals surface area contributed by atoms with Crippen LogP contribution in [0.2, 0.25) is 0 Å². The van der Waals surface area contributed by atoms with E-state index in [2.05, 4.69) is 46.4 Å². The lowest BCUT2D eigenvalue weighted by molar-refractivity contribution is -0.689. The van der Waals surface area contributed by atoms with Crippen molar-refractivity contribution in [1.29, 1.82) is 0 Å². The van der Waals surface area contributed by atoms with E-state index >= 15 is 35.1 Å². The number of aromatic nitrogens is 2. The minimum atomic E-state index is -7.22. The number of rotatable bonds is 7. The van der Waals surface area contributed by atoms with Crippen molar-refractivity contribution in [3.63, 3.8) is 0 Å². The van der Waals surface area contributed by atoms with Gasteiger partial charge in [-0.1, -0.05) is 30.3 Å². The first-order chi connectivity index (χ1) is 28.1. The smallest absolute Gasteiger partial charge is 0.200 e. The monoisotopic (exact) mass is 896 g/mol. The van der Waals surface area contributed by atoms with Crippen LogP contribution in [0.15, 0.2) is 48.9 Å². The second-order valence-corrected chi connectivity index (χ2v) is 12.5. The number of benzene rings is 5. The van der Waals surface area contributed by atoms with Crippen LogP contribution in [0.1, 0.15) is 11.3 Å². The Morgan fingerprint density at radius 3 is 0.933 bits per heavy atom. The van der Waals surface area contributed by atoms with E-state index < -0.39 is 144 Å². The lowest BCUT2D eigenvalue weighted by Gasteiger charge is -2.44. The number of halogens is 20. The molecule has 0 amide bonds. The number of hydrogen-bond acceptors (Lipinski definition) is 2. The summed E-state index contributed by atoms with van der Waals surface area (Å²) in [5.74, 6) is -70.7. The van der Waals surface area contributed by atoms with Crippen LogP contribution in [0.5, 0.6) is 0 Å². The van der Waals surface area contributed by atoms with Crippen LogP contribution < -0.4 is 26.4 Å². The number of thiol groups is 1. The Morgan fingerprint density at radius 2 is 0.667 bits per heavy atom. The van der Waals surface area contributed by atoms with Crippen LogP contribution in [0.3, 0.4) is 0 Å². The van der Waals surface area contributed by atoms with E-state index in [4.69, 9.17) is 0 Å². The van der Waals surface area contributed by atoms with Gasteiger partial charge in [-0.3, -0.25) is 0 Å². The molecular formula is C36H13BF20N2S. The van der Waals surface area contributed by atoms with Gasteiger partial charge < -0.3 is 0 Å². The highest BCUT2D eigenvalue weighted by Crippen LogP contribution is 2.30. The van der Waals surface area contributed by atoms with Gasteiger partial charge in [0.15, 0.2) is 88.7 Å². The quantitative estimate of drug-likeness (QED) is 0.0435. The lowest BCUT2D eigenvalue weighted by atomic mass is 9.12. The predicted molar refractivity (Wildman–Crippen MR) is 172 cm³/mol. The zero-order valence-electron chi connectivity index (χ0n) is 28.5. The van der Waals surface area contributed by atoms with E-state index in [1.165, 1.54) is 5.56 Å². The van der Waals surface area contributed by atoms with E-state index in [-0.39, 0.29) is 0 Å². The maximum atomic E-state index is 15.4. The van der Waals surface area contributed by atoms with Crippen molar-refractivity contribution < 1.29 is 92.4 Å². The Labute approximate surface area is 326 Å². The van der Waals surface area contributed by atoms with Gasteiger partial charge in [0, 0.05) is 11.3 Å². The van der Waals surface area contributed by atoms with E-state index in [0.717, 1.165) is 12.2 Å². The Bertz CT molecular complexity index is 2300. The van der Waals surface area contributed by atoms with Crippen LogP contribution in [0.4, 0.5) is 87.8 Å². The molecule has 6 aromatic rings. The molecule has 0 aliphatic carbocycles. The molecule has 316 valence electrons. The lowest BCUT2D eigenvalue weighted by Crippen LogP contribution is -2.81. The summed E-state index contributed by atoms with van der Waals surface area (Å²) in [5, 5.41) is 0. The minimum Gasteiger partial charge on any atom is -0.248 e. The van der Waals surface area contributed by atoms with Gasteiger partial charge in [0.2, 0.25) is 0 Å². The molecule has 0 saturated heterocycles. The molecular weight excluding hydrogens is 883 g/mol. The summed E-state index contributed by atoms with van der Waals surface area (Å²) in [7, 11) is 0. The Balaban J connectivity index is 0.000000379. The van der Waals surface area contributed by atoms with Crippen LogP contribution >= 0.6 is 12.6 Å². The summed E-state index contributed by atoms with van der Waals surface area (Å²) in [6.07, 6.45) is -1.40. The highest BCUT2D eigenvalue weighted by molar-refractivity contribution is 7.79. The molecule has 1 heterocycles. The van der Waals surface area contributed by atoms with Gasteiger partial charge in [-0.05, 0) is 0 Å². The van der Waals surface area contributed by atoms with Crippen molar-refractivity contribution in [1.82, 2.24) is 4.98 Å². The molecule has 0 saturated carbocycles. The topological polar surface area (TPSA) is 16.8 Å². The van der Waals surface area contributed by atoms with Crippen LogP contribution in [-0.4, -0.2) is 11.1 Å². The highest BCUT2D eigenvalue weighted by Gasteiger charge is 2.52. The van der Waals surface area contributed by atoms with Gasteiger partial charge in [0.1, 0.15) is 58.4 Å². The molecule has 24 heteroatoms. The molecule has 0 radical (unpaired) electrons. The number of hydrogen-bond donors (Lipinski definition) is 1. The third-order valence-electron chi connectivity index (χ3n) is 8.89. The molecule has 0 aliphatic heterocycles. The zero-order chi connectivity index (χ0) is 44.9. The summed E-state index contributed by atoms with van der Waals surface area (Å²) >= 11 is 4.21. The summed E-state index contributed by atoms with van der Waals surface area (Å²) in [5.41, 5.74) is -12.0. The standard InChI is InChI=1S/C24BF20.C12H12N2S/c26-5-1(6(27)14(35)21(42)13(5)34)25(2-7(28)15(36)22(43)16(37)8(2)29,3-9(30)17(38)23(44)18(39)10(3)31)4-11(32)19(40)24(45)20(41)12(4)33;15-10-12-9-14(7-6-13-12)8-11-4-2-1-3-5-11/h;1-7,9H,8,10H2/q-1;/p+1. The molecule has 0 fully saturated rings. The van der Waals surface area contributed by atoms with Gasteiger partial charge in [0.25, 0.3) is 0 Å². The van der Waals surface area contributed by atoms with Crippen molar-refractivity contribution in [3.05, 3.63) is 177 Å². The van der Waals surface area contributed by atoms with Gasteiger partial charge in [0.05, 0.1) is 6.20 Å². The zero-order valence-corrected chi connectivity index (χ0v) is 29.4. The molecule has 0 atom stereocenters. The van der Waals surface area contributed by atoms with E-state index in [0.29, 0.717) is 5.75 Å². The first kappa shape index (κ1) is 45.3. The highest BCUT2D eigenvalue weighted by atomic mass is 32.1. The summed E-state index contributed by atoms with van der Waals surface area (Å²) in [6, 6.07) is 10.4. The molecule has 0 unspecified atom stereocenters. The SMILES string of the molecule is Fc1c(F)c(F)c([B-](c2c(F)c(F)c(F)c(F)c2F)(c2c(F)c(F)c(F)c(F)c2F)c2c(F)c(F)c(F)c(F)c2F)c(F)c1F.SCc1c[n+](Cc2ccccc2)ccn1. The van der Waals surface area contributed by atoms with E-state index in [1.54, 1.807) is 0 Å². The van der Waals surface area contributed by atoms with Gasteiger partial charge in [-0.15, -0.1) is 21.9 Å². The van der Waals surface area contributed by atoms with Crippen LogP contribution in [0, 0.1) is 116 Å². The maximum Gasteiger partial charge on any atom is 0.200 e. The van der Waals surface area contributed by atoms with Crippen molar-refractivity contribution in [2.24, 2.45) is 0 Å². The first-order valence-corrected chi connectivity index (χ1v) is 16.4. The largest absolute Gasteiger partial charge is 0.248 e. The van der Waals surface area contributed by atoms with Crippen LogP contribution in [-0.2, 0) is 12.3 Å². The molecule has 0 spiro atoms. The predicted octanol–water partition coefficient (Wildman–Crippen LogP) is 7.69. The summed E-state index contributed by atoms with van der Waals surface area (Å²) in [6.45, 7) is 0.879. The molecule has 5 aromatic carbocycles. The van der Waals surface area contributed by atoms with Crippen molar-refractivity contribution >= 4 is 40.6 Å². The Kier molecular flexibility index (Phi) is 12.9. The van der Waals surface area contributed by atoms with E-state index in [9.17, 15) is 52.7 Å². The normalized spacial score (nSPS) is 11.6. The second-order valence-electron chi connectivity index (χ2n) is 12.2. The average molecular weight is 896 g/mol. The Morgan fingerprint density at radius 1 is 0.400 bits per heavy atom. The fraction of sp³-hybridized carbons (Fsp3) is 0.0556. The van der Waals surface area contributed by atoms with Crippen molar-refractivity contribution in [3.8, 4) is 0 Å². The summed E-state index contributed by atoms with van der Waals surface area (Å²) < 4.78 is 296. The average Bonchev–Trinajstić information content (AvgIpc) is 3.24. The van der Waals surface area contributed by atoms with Gasteiger partial charge in [-0.2, -0.15) is 17.2 Å². The third-order valence-corrected chi connectivity index (χ3v) is 9.21. The fourth-order valence-corrected chi connectivity index (χ4v) is 6.49. The second kappa shape index (κ2) is 17.0. The minimum absolute atomic E-state index is 0.676. The van der Waals surface area contributed by atoms with Gasteiger partial charge in [-0.25, -0.2) is 92.8 Å². The van der Waals surface area contributed by atoms with Gasteiger partial charge >= 0.3 is 0 Å². The third kappa shape index (κ3) is 7.16. The molecule has 60 heavy (non-hydrogen) atoms. The fourth-order valence-electron chi connectivity index (χ4n) is 6.33. The molecule has 0 bridgehead atoms. The molecule has 0 N–H and O–H groups in total. The molecule has 2 nitrogen and oxygen atoms in total. The van der Waals surface area contributed by atoms with E-state index in [1.807, 2.05) is 24.7 Å². The molecule has 6 rings (SSSR count). The molecule has 1 aromatic heterocycles.